The third-order valence-electron chi connectivity index (χ3n) is 4.12. The van der Waals surface area contributed by atoms with E-state index in [0.717, 1.165) is 22.4 Å². The van der Waals surface area contributed by atoms with Gasteiger partial charge in [-0.05, 0) is 5.56 Å². The van der Waals surface area contributed by atoms with Crippen LogP contribution in [-0.2, 0) is 23.1 Å². The van der Waals surface area contributed by atoms with Gasteiger partial charge in [-0.15, -0.1) is 0 Å². The summed E-state index contributed by atoms with van der Waals surface area (Å²) >= 11 is 0. The number of carbonyl (C=O) groups excluding carboxylic acids is 1. The number of nitrogens with zero attached hydrogens (tertiary/aromatic N) is 5. The van der Waals surface area contributed by atoms with Crippen LogP contribution in [0.5, 0.6) is 0 Å². The minimum absolute atomic E-state index is 0.241. The molecule has 0 aliphatic carbocycles. The Morgan fingerprint density at radius 3 is 2.76 bits per heavy atom. The molecule has 7 heteroatoms. The lowest BCUT2D eigenvalue weighted by atomic mass is 10.1. The van der Waals surface area contributed by atoms with Gasteiger partial charge in [0.2, 0.25) is 0 Å². The zero-order valence-corrected chi connectivity index (χ0v) is 14.6. The normalized spacial score (nSPS) is 12.1. The molecule has 0 saturated carbocycles. The van der Waals surface area contributed by atoms with Crippen molar-refractivity contribution >= 4 is 22.8 Å². The number of hydrogen-bond donors (Lipinski definition) is 0. The molecular formula is C18H21N5O2. The van der Waals surface area contributed by atoms with Gasteiger partial charge in [-0.3, -0.25) is 9.48 Å². The lowest BCUT2D eigenvalue weighted by Gasteiger charge is -2.26. The van der Waals surface area contributed by atoms with Crippen molar-refractivity contribution in [1.29, 1.82) is 0 Å². The van der Waals surface area contributed by atoms with E-state index >= 15 is 0 Å². The van der Waals surface area contributed by atoms with Crippen LogP contribution in [0.15, 0.2) is 42.9 Å². The van der Waals surface area contributed by atoms with E-state index in [1.54, 1.807) is 10.9 Å². The summed E-state index contributed by atoms with van der Waals surface area (Å²) in [7, 11) is 3.25. The summed E-state index contributed by atoms with van der Waals surface area (Å²) in [6.45, 7) is 2.97. The summed E-state index contributed by atoms with van der Waals surface area (Å²) in [4.78, 5) is 22.7. The fourth-order valence-corrected chi connectivity index (χ4v) is 2.84. The van der Waals surface area contributed by atoms with Crippen LogP contribution in [0.4, 0.5) is 5.82 Å². The van der Waals surface area contributed by atoms with E-state index in [-0.39, 0.29) is 11.9 Å². The van der Waals surface area contributed by atoms with Crippen LogP contribution in [0, 0.1) is 5.92 Å². The van der Waals surface area contributed by atoms with Crippen LogP contribution < -0.4 is 4.90 Å². The Labute approximate surface area is 146 Å². The topological polar surface area (TPSA) is 73.1 Å². The minimum Gasteiger partial charge on any atom is -0.469 e. The van der Waals surface area contributed by atoms with Gasteiger partial charge in [0.15, 0.2) is 5.65 Å². The Hall–Kier alpha value is -2.96. The monoisotopic (exact) mass is 339 g/mol. The van der Waals surface area contributed by atoms with Gasteiger partial charge in [-0.1, -0.05) is 37.3 Å². The van der Waals surface area contributed by atoms with Gasteiger partial charge in [0.25, 0.3) is 0 Å². The summed E-state index contributed by atoms with van der Waals surface area (Å²) in [5, 5.41) is 5.13. The molecule has 0 bridgehead atoms. The van der Waals surface area contributed by atoms with E-state index in [9.17, 15) is 4.79 Å². The fourth-order valence-electron chi connectivity index (χ4n) is 2.84. The number of aryl methyl sites for hydroxylation is 1. The van der Waals surface area contributed by atoms with Crippen LogP contribution >= 0.6 is 0 Å². The second-order valence-corrected chi connectivity index (χ2v) is 5.99. The largest absolute Gasteiger partial charge is 0.469 e. The first-order valence-electron chi connectivity index (χ1n) is 8.09. The number of esters is 1. The lowest BCUT2D eigenvalue weighted by Crippen LogP contribution is -2.32. The van der Waals surface area contributed by atoms with Crippen molar-refractivity contribution in [3.8, 4) is 0 Å². The number of rotatable bonds is 6. The van der Waals surface area contributed by atoms with Gasteiger partial charge in [-0.25, -0.2) is 9.97 Å². The van der Waals surface area contributed by atoms with Gasteiger partial charge in [-0.2, -0.15) is 5.10 Å². The van der Waals surface area contributed by atoms with Crippen LogP contribution in [0.2, 0.25) is 0 Å². The first-order chi connectivity index (χ1) is 12.1. The molecule has 1 unspecified atom stereocenters. The van der Waals surface area contributed by atoms with Gasteiger partial charge >= 0.3 is 5.97 Å². The van der Waals surface area contributed by atoms with Crippen LogP contribution in [0.3, 0.4) is 0 Å². The summed E-state index contributed by atoms with van der Waals surface area (Å²) in [6.07, 6.45) is 3.28. The molecule has 0 N–H and O–H groups in total. The van der Waals surface area contributed by atoms with E-state index in [4.69, 9.17) is 4.74 Å². The number of aromatic nitrogens is 4. The lowest BCUT2D eigenvalue weighted by molar-refractivity contribution is -0.144. The van der Waals surface area contributed by atoms with E-state index in [0.29, 0.717) is 13.1 Å². The summed E-state index contributed by atoms with van der Waals surface area (Å²) in [5.74, 6) is 0.239. The number of carbonyl (C=O) groups is 1. The number of ether oxygens (including phenoxy) is 1. The SMILES string of the molecule is COC(=O)C(C)CN(Cc1ccccc1)c1ncnc2c1cnn2C. The zero-order chi connectivity index (χ0) is 17.8. The average Bonchev–Trinajstić information content (AvgIpc) is 3.02. The van der Waals surface area contributed by atoms with Crippen LogP contribution in [0.25, 0.3) is 11.0 Å². The second kappa shape index (κ2) is 7.29. The number of hydrogen-bond acceptors (Lipinski definition) is 6. The van der Waals surface area contributed by atoms with Crippen LogP contribution in [0.1, 0.15) is 12.5 Å². The smallest absolute Gasteiger partial charge is 0.310 e. The van der Waals surface area contributed by atoms with Crippen molar-refractivity contribution in [2.75, 3.05) is 18.6 Å². The fraction of sp³-hybridized carbons (Fsp3) is 0.333. The maximum Gasteiger partial charge on any atom is 0.310 e. The molecule has 7 nitrogen and oxygen atoms in total. The molecule has 1 atom stereocenters. The van der Waals surface area contributed by atoms with E-state index in [1.165, 1.54) is 13.4 Å². The number of methoxy groups -OCH3 is 1. The number of benzene rings is 1. The van der Waals surface area contributed by atoms with Gasteiger partial charge in [0, 0.05) is 20.1 Å². The van der Waals surface area contributed by atoms with Crippen molar-refractivity contribution in [3.05, 3.63) is 48.4 Å². The maximum atomic E-state index is 11.9. The minimum atomic E-state index is -0.282. The zero-order valence-electron chi connectivity index (χ0n) is 14.6. The molecule has 1 aromatic carbocycles. The molecule has 0 saturated heterocycles. The predicted octanol–water partition coefficient (Wildman–Crippen LogP) is 2.18. The molecule has 3 rings (SSSR count). The first-order valence-corrected chi connectivity index (χ1v) is 8.09. The molecule has 3 aromatic rings. The summed E-state index contributed by atoms with van der Waals surface area (Å²) < 4.78 is 6.59. The molecule has 25 heavy (non-hydrogen) atoms. The third kappa shape index (κ3) is 3.60. The van der Waals surface area contributed by atoms with Crippen molar-refractivity contribution in [3.63, 3.8) is 0 Å². The standard InChI is InChI=1S/C18H21N5O2/c1-13(18(24)25-3)10-23(11-14-7-5-4-6-8-14)17-15-9-21-22(2)16(15)19-12-20-17/h4-9,12-13H,10-11H2,1-3H3. The van der Waals surface area contributed by atoms with Crippen molar-refractivity contribution in [2.45, 2.75) is 13.5 Å². The average molecular weight is 339 g/mol. The Morgan fingerprint density at radius 1 is 1.28 bits per heavy atom. The highest BCUT2D eigenvalue weighted by molar-refractivity contribution is 5.87. The summed E-state index contributed by atoms with van der Waals surface area (Å²) in [5.41, 5.74) is 1.89. The predicted molar refractivity (Wildman–Crippen MR) is 95.0 cm³/mol. The molecule has 0 amide bonds. The van der Waals surface area contributed by atoms with Crippen molar-refractivity contribution < 1.29 is 9.53 Å². The quantitative estimate of drug-likeness (QED) is 0.641. The van der Waals surface area contributed by atoms with Gasteiger partial charge in [0.1, 0.15) is 12.1 Å². The Bertz CT molecular complexity index is 862. The molecule has 0 spiro atoms. The van der Waals surface area contributed by atoms with Crippen molar-refractivity contribution in [2.24, 2.45) is 13.0 Å². The van der Waals surface area contributed by atoms with Crippen molar-refractivity contribution in [1.82, 2.24) is 19.7 Å². The highest BCUT2D eigenvalue weighted by atomic mass is 16.5. The highest BCUT2D eigenvalue weighted by Gasteiger charge is 2.21. The molecule has 0 aliphatic heterocycles. The summed E-state index contributed by atoms with van der Waals surface area (Å²) in [6, 6.07) is 10.1. The highest BCUT2D eigenvalue weighted by Crippen LogP contribution is 2.25. The third-order valence-corrected chi connectivity index (χ3v) is 4.12. The van der Waals surface area contributed by atoms with E-state index in [2.05, 4.69) is 32.1 Å². The second-order valence-electron chi connectivity index (χ2n) is 5.99. The number of anilines is 1. The Balaban J connectivity index is 1.98. The Morgan fingerprint density at radius 2 is 2.04 bits per heavy atom. The molecule has 130 valence electrons. The van der Waals surface area contributed by atoms with E-state index < -0.39 is 0 Å². The number of fused-ring (bicyclic) bond motifs is 1. The van der Waals surface area contributed by atoms with Crippen LogP contribution in [-0.4, -0.2) is 39.4 Å². The molecule has 2 aromatic heterocycles. The van der Waals surface area contributed by atoms with E-state index in [1.807, 2.05) is 32.2 Å². The Kier molecular flexibility index (Phi) is 4.92. The van der Waals surface area contributed by atoms with Gasteiger partial charge in [0.05, 0.1) is 24.6 Å². The molecule has 0 aliphatic rings. The molecule has 2 heterocycles. The van der Waals surface area contributed by atoms with Gasteiger partial charge < -0.3 is 9.64 Å². The first kappa shape index (κ1) is 16.9. The molecule has 0 fully saturated rings. The maximum absolute atomic E-state index is 11.9. The molecular weight excluding hydrogens is 318 g/mol. The molecule has 0 radical (unpaired) electrons.